The van der Waals surface area contributed by atoms with E-state index in [-0.39, 0.29) is 16.7 Å². The first kappa shape index (κ1) is 14.4. The van der Waals surface area contributed by atoms with Crippen molar-refractivity contribution < 1.29 is 17.9 Å². The molecule has 1 heterocycles. The van der Waals surface area contributed by atoms with Crippen LogP contribution in [-0.4, -0.2) is 27.5 Å². The number of carbonyl (C=O) groups excluding carboxylic acids is 1. The molecule has 1 unspecified atom stereocenters. The van der Waals surface area contributed by atoms with E-state index in [0.717, 1.165) is 0 Å². The summed E-state index contributed by atoms with van der Waals surface area (Å²) in [6, 6.07) is 4.35. The summed E-state index contributed by atoms with van der Waals surface area (Å²) >= 11 is 3.12. The summed E-state index contributed by atoms with van der Waals surface area (Å²) in [6.45, 7) is 1.01. The van der Waals surface area contributed by atoms with Crippen molar-refractivity contribution >= 4 is 37.5 Å². The van der Waals surface area contributed by atoms with Crippen LogP contribution in [0.4, 0.5) is 5.69 Å². The summed E-state index contributed by atoms with van der Waals surface area (Å²) < 4.78 is 27.9. The predicted molar refractivity (Wildman–Crippen MR) is 73.1 cm³/mol. The summed E-state index contributed by atoms with van der Waals surface area (Å²) in [6.07, 6.45) is 0.697. The van der Waals surface area contributed by atoms with Crippen LogP contribution in [0.1, 0.15) is 6.42 Å². The van der Waals surface area contributed by atoms with Crippen LogP contribution in [-0.2, 0) is 19.6 Å². The number of rotatable bonds is 3. The summed E-state index contributed by atoms with van der Waals surface area (Å²) in [5, 5.41) is 7.77. The maximum Gasteiger partial charge on any atom is 0.239 e. The maximum atomic E-state index is 11.9. The van der Waals surface area contributed by atoms with Gasteiger partial charge in [-0.25, -0.2) is 13.6 Å². The first-order valence-electron chi connectivity index (χ1n) is 5.59. The fourth-order valence-corrected chi connectivity index (χ4v) is 3.44. The van der Waals surface area contributed by atoms with Gasteiger partial charge in [0.15, 0.2) is 0 Å². The zero-order chi connectivity index (χ0) is 14.0. The fraction of sp³-hybridized carbons (Fsp3) is 0.364. The fourth-order valence-electron chi connectivity index (χ4n) is 1.79. The van der Waals surface area contributed by atoms with Crippen molar-refractivity contribution in [3.63, 3.8) is 0 Å². The van der Waals surface area contributed by atoms with E-state index in [1.807, 2.05) is 0 Å². The van der Waals surface area contributed by atoms with Gasteiger partial charge < -0.3 is 10.1 Å². The predicted octanol–water partition coefficient (Wildman–Crippen LogP) is 1.07. The Balaban J connectivity index is 2.14. The summed E-state index contributed by atoms with van der Waals surface area (Å²) in [5.74, 6) is -0.288. The maximum absolute atomic E-state index is 11.9. The van der Waals surface area contributed by atoms with Crippen molar-refractivity contribution in [3.05, 3.63) is 22.7 Å². The minimum Gasteiger partial charge on any atom is -0.381 e. The van der Waals surface area contributed by atoms with Gasteiger partial charge in [-0.15, -0.1) is 0 Å². The minimum atomic E-state index is -3.77. The smallest absolute Gasteiger partial charge is 0.239 e. The van der Waals surface area contributed by atoms with Crippen molar-refractivity contribution in [2.75, 3.05) is 18.5 Å². The normalized spacial score (nSPS) is 19.4. The van der Waals surface area contributed by atoms with E-state index in [2.05, 4.69) is 21.2 Å². The molecule has 1 aliphatic rings. The van der Waals surface area contributed by atoms with Crippen molar-refractivity contribution in [2.24, 2.45) is 11.1 Å². The van der Waals surface area contributed by atoms with Gasteiger partial charge in [-0.05, 0) is 40.5 Å². The summed E-state index contributed by atoms with van der Waals surface area (Å²) in [7, 11) is -3.77. The number of nitrogens with one attached hydrogen (secondary N) is 1. The third-order valence-electron chi connectivity index (χ3n) is 2.81. The Kier molecular flexibility index (Phi) is 4.24. The average molecular weight is 349 g/mol. The Morgan fingerprint density at radius 1 is 1.47 bits per heavy atom. The molecular weight excluding hydrogens is 336 g/mol. The zero-order valence-electron chi connectivity index (χ0n) is 9.93. The lowest BCUT2D eigenvalue weighted by molar-refractivity contribution is -0.119. The molecule has 104 valence electrons. The van der Waals surface area contributed by atoms with Gasteiger partial charge in [0.2, 0.25) is 15.9 Å². The Hall–Kier alpha value is -0.960. The number of sulfonamides is 1. The lowest BCUT2D eigenvalue weighted by atomic mass is 10.1. The molecule has 1 aliphatic heterocycles. The number of hydrogen-bond acceptors (Lipinski definition) is 4. The highest BCUT2D eigenvalue weighted by molar-refractivity contribution is 9.10. The zero-order valence-corrected chi connectivity index (χ0v) is 12.3. The van der Waals surface area contributed by atoms with Crippen LogP contribution in [0.2, 0.25) is 0 Å². The standard InChI is InChI=1S/C11H13BrN2O4S/c12-9-5-8(1-2-10(9)19(13,16)17)14-11(15)7-3-4-18-6-7/h1-2,5,7H,3-4,6H2,(H,14,15)(H2,13,16,17). The number of anilines is 1. The van der Waals surface area contributed by atoms with E-state index in [1.165, 1.54) is 18.2 Å². The van der Waals surface area contributed by atoms with Crippen molar-refractivity contribution in [1.82, 2.24) is 0 Å². The van der Waals surface area contributed by atoms with Gasteiger partial charge in [-0.3, -0.25) is 4.79 Å². The van der Waals surface area contributed by atoms with Crippen LogP contribution in [0.5, 0.6) is 0 Å². The third-order valence-corrected chi connectivity index (χ3v) is 4.69. The SMILES string of the molecule is NS(=O)(=O)c1ccc(NC(=O)C2CCOC2)cc1Br. The molecule has 8 heteroatoms. The number of benzene rings is 1. The van der Waals surface area contributed by atoms with Gasteiger partial charge in [0, 0.05) is 16.8 Å². The van der Waals surface area contributed by atoms with Crippen LogP contribution >= 0.6 is 15.9 Å². The summed E-state index contributed by atoms with van der Waals surface area (Å²) in [4.78, 5) is 11.8. The second-order valence-electron chi connectivity index (χ2n) is 4.24. The molecule has 6 nitrogen and oxygen atoms in total. The number of primary sulfonamides is 1. The number of nitrogens with two attached hydrogens (primary N) is 1. The highest BCUT2D eigenvalue weighted by Crippen LogP contribution is 2.25. The van der Waals surface area contributed by atoms with Crippen LogP contribution in [0.3, 0.4) is 0 Å². The molecule has 1 amide bonds. The molecule has 0 bridgehead atoms. The first-order chi connectivity index (χ1) is 8.88. The van der Waals surface area contributed by atoms with Gasteiger partial charge in [0.1, 0.15) is 0 Å². The molecule has 0 radical (unpaired) electrons. The van der Waals surface area contributed by atoms with Gasteiger partial charge >= 0.3 is 0 Å². The highest BCUT2D eigenvalue weighted by atomic mass is 79.9. The number of amides is 1. The molecule has 2 rings (SSSR count). The molecule has 1 atom stereocenters. The third kappa shape index (κ3) is 3.53. The Morgan fingerprint density at radius 2 is 2.21 bits per heavy atom. The molecule has 1 fully saturated rings. The van der Waals surface area contributed by atoms with E-state index >= 15 is 0 Å². The number of ether oxygens (including phenoxy) is 1. The van der Waals surface area contributed by atoms with Gasteiger partial charge in [-0.2, -0.15) is 0 Å². The second-order valence-corrected chi connectivity index (χ2v) is 6.62. The molecule has 0 saturated carbocycles. The topological polar surface area (TPSA) is 98.5 Å². The molecule has 1 aromatic carbocycles. The van der Waals surface area contributed by atoms with Crippen molar-refractivity contribution in [2.45, 2.75) is 11.3 Å². The van der Waals surface area contributed by atoms with E-state index < -0.39 is 10.0 Å². The van der Waals surface area contributed by atoms with Crippen molar-refractivity contribution in [3.8, 4) is 0 Å². The van der Waals surface area contributed by atoms with Crippen molar-refractivity contribution in [1.29, 1.82) is 0 Å². The monoisotopic (exact) mass is 348 g/mol. The first-order valence-corrected chi connectivity index (χ1v) is 7.93. The molecule has 1 saturated heterocycles. The molecule has 0 spiro atoms. The molecule has 3 N–H and O–H groups in total. The van der Waals surface area contributed by atoms with E-state index in [0.29, 0.717) is 29.8 Å². The molecule has 1 aromatic rings. The van der Waals surface area contributed by atoms with Crippen LogP contribution < -0.4 is 10.5 Å². The molecule has 19 heavy (non-hydrogen) atoms. The molecule has 0 aromatic heterocycles. The van der Waals surface area contributed by atoms with Crippen LogP contribution in [0.25, 0.3) is 0 Å². The lowest BCUT2D eigenvalue weighted by Gasteiger charge is -2.10. The second kappa shape index (κ2) is 5.58. The van der Waals surface area contributed by atoms with Gasteiger partial charge in [0.05, 0.1) is 17.4 Å². The Bertz CT molecular complexity index is 597. The van der Waals surface area contributed by atoms with Gasteiger partial charge in [0.25, 0.3) is 0 Å². The van der Waals surface area contributed by atoms with E-state index in [9.17, 15) is 13.2 Å². The largest absolute Gasteiger partial charge is 0.381 e. The van der Waals surface area contributed by atoms with E-state index in [1.54, 1.807) is 0 Å². The minimum absolute atomic E-state index is 0.0188. The Morgan fingerprint density at radius 3 is 2.74 bits per heavy atom. The van der Waals surface area contributed by atoms with Gasteiger partial charge in [-0.1, -0.05) is 0 Å². The average Bonchev–Trinajstić information content (AvgIpc) is 2.80. The number of halogens is 1. The highest BCUT2D eigenvalue weighted by Gasteiger charge is 2.23. The Labute approximate surface area is 119 Å². The summed E-state index contributed by atoms with van der Waals surface area (Å²) in [5.41, 5.74) is 0.510. The number of hydrogen-bond donors (Lipinski definition) is 2. The molecular formula is C11H13BrN2O4S. The lowest BCUT2D eigenvalue weighted by Crippen LogP contribution is -2.23. The number of carbonyl (C=O) groups is 1. The molecule has 0 aliphatic carbocycles. The van der Waals surface area contributed by atoms with Crippen LogP contribution in [0.15, 0.2) is 27.6 Å². The van der Waals surface area contributed by atoms with Crippen LogP contribution in [0, 0.1) is 5.92 Å². The van der Waals surface area contributed by atoms with E-state index in [4.69, 9.17) is 9.88 Å². The quantitative estimate of drug-likeness (QED) is 0.853.